The molecule has 4 heteroatoms. The van der Waals surface area contributed by atoms with Crippen molar-refractivity contribution in [3.05, 3.63) is 0 Å². The third-order valence-electron chi connectivity index (χ3n) is 0. The first-order chi connectivity index (χ1) is 0. The fourth-order valence-corrected chi connectivity index (χ4v) is 0. The molecule has 0 saturated carbocycles. The van der Waals surface area contributed by atoms with Crippen LogP contribution in [0.25, 0.3) is 0 Å². The van der Waals surface area contributed by atoms with Crippen LogP contribution in [0.5, 0.6) is 0 Å². The summed E-state index contributed by atoms with van der Waals surface area (Å²) in [6.07, 6.45) is 0. The number of hydrogen-bond acceptors (Lipinski definition) is 0. The number of hydrogen-bond donors (Lipinski definition) is 0. The predicted octanol–water partition coefficient (Wildman–Crippen LogP) is -1.57. The van der Waals surface area contributed by atoms with Gasteiger partial charge in [0.15, 0.2) is 0 Å². The molecule has 0 heterocycles. The molecule has 0 aliphatic heterocycles. The normalized spacial score (nSPS) is 0. The van der Waals surface area contributed by atoms with Gasteiger partial charge in [0.25, 0.3) is 0 Å². The molecule has 0 aliphatic carbocycles. The van der Waals surface area contributed by atoms with E-state index < -0.39 is 0 Å². The van der Waals surface area contributed by atoms with Crippen LogP contribution in [0.3, 0.4) is 0 Å². The van der Waals surface area contributed by atoms with Crippen molar-refractivity contribution in [1.82, 2.24) is 0 Å². The van der Waals surface area contributed by atoms with Crippen molar-refractivity contribution in [1.29, 1.82) is 0 Å². The Morgan fingerprint density at radius 3 is 1.00 bits per heavy atom. The average Bonchev–Trinajstić information content (AvgIpc) is 0. The van der Waals surface area contributed by atoms with Crippen molar-refractivity contribution in [3.63, 3.8) is 0 Å². The average molecular weight is 259 g/mol. The molecule has 0 amide bonds. The van der Waals surface area contributed by atoms with E-state index in [9.17, 15) is 0 Å². The predicted molar refractivity (Wildman–Crippen MR) is 15.7 cm³/mol. The molecular weight excluding hydrogens is 256 g/mol. The first-order valence-electron chi connectivity index (χ1n) is 0. The molecule has 4 heavy (non-hydrogen) atoms. The molecule has 0 aliphatic rings. The summed E-state index contributed by atoms with van der Waals surface area (Å²) in [7, 11) is 0. The Morgan fingerprint density at radius 1 is 1.00 bits per heavy atom. The molecule has 0 unspecified atom stereocenters. The molecular formula is H3LiMoSrZn. The molecule has 0 spiro atoms. The largest absolute Gasteiger partial charge is 0 e. The smallest absolute Gasteiger partial charge is 0 e. The molecule has 0 aromatic heterocycles. The van der Waals surface area contributed by atoms with Crippen LogP contribution < -0.4 is 0 Å². The number of rotatable bonds is 0. The van der Waals surface area contributed by atoms with Crippen LogP contribution in [-0.4, -0.2) is 64.3 Å². The van der Waals surface area contributed by atoms with Gasteiger partial charge in [-0.15, -0.1) is 0 Å². The Labute approximate surface area is 102 Å². The van der Waals surface area contributed by atoms with E-state index in [1.165, 1.54) is 0 Å². The van der Waals surface area contributed by atoms with E-state index in [1.54, 1.807) is 0 Å². The van der Waals surface area contributed by atoms with Gasteiger partial charge in [-0.05, 0) is 0 Å². The topological polar surface area (TPSA) is 0 Å². The maximum absolute atomic E-state index is 0. The summed E-state index contributed by atoms with van der Waals surface area (Å²) in [6, 6.07) is 0. The fraction of sp³-hybridized carbons (Fsp3) is 0. The van der Waals surface area contributed by atoms with Gasteiger partial charge in [0.2, 0.25) is 0 Å². The van der Waals surface area contributed by atoms with Crippen molar-refractivity contribution in [2.45, 2.75) is 0 Å². The zero-order chi connectivity index (χ0) is 0. The van der Waals surface area contributed by atoms with E-state index in [0.717, 1.165) is 0 Å². The van der Waals surface area contributed by atoms with Crippen molar-refractivity contribution in [2.75, 3.05) is 0 Å². The standard InChI is InChI=1S/Li.Mo.Sr.Zn.3H. The van der Waals surface area contributed by atoms with Crippen LogP contribution in [0.15, 0.2) is 0 Å². The van der Waals surface area contributed by atoms with Crippen molar-refractivity contribution < 1.29 is 40.5 Å². The van der Waals surface area contributed by atoms with Gasteiger partial charge in [0.05, 0.1) is 0 Å². The fourth-order valence-electron chi connectivity index (χ4n) is 0. The van der Waals surface area contributed by atoms with Crippen LogP contribution in [-0.2, 0) is 40.5 Å². The first kappa shape index (κ1) is 26.3. The van der Waals surface area contributed by atoms with Gasteiger partial charge in [-0.1, -0.05) is 0 Å². The van der Waals surface area contributed by atoms with E-state index in [-0.39, 0.29) is 105 Å². The van der Waals surface area contributed by atoms with Crippen molar-refractivity contribution in [2.24, 2.45) is 0 Å². The van der Waals surface area contributed by atoms with E-state index in [4.69, 9.17) is 0 Å². The molecule has 0 aromatic carbocycles. The molecule has 14 valence electrons. The molecule has 0 bridgehead atoms. The van der Waals surface area contributed by atoms with Gasteiger partial charge >= 0.3 is 64.3 Å². The van der Waals surface area contributed by atoms with Gasteiger partial charge < -0.3 is 0 Å². The SMILES string of the molecule is [LiH].[Mo].[SrH2].[Zn]. The van der Waals surface area contributed by atoms with Crippen LogP contribution >= 0.6 is 0 Å². The quantitative estimate of drug-likeness (QED) is 0.461. The Bertz CT molecular complexity index is 8.00. The molecule has 0 radical (unpaired) electrons. The Morgan fingerprint density at radius 2 is 1.00 bits per heavy atom. The molecule has 0 aromatic rings. The molecule has 0 rings (SSSR count). The minimum atomic E-state index is 0. The second kappa shape index (κ2) is 16.2. The zero-order valence-corrected chi connectivity index (χ0v) is 6.09. The van der Waals surface area contributed by atoms with Gasteiger partial charge in [-0.2, -0.15) is 0 Å². The monoisotopic (exact) mass is 260 g/mol. The van der Waals surface area contributed by atoms with Gasteiger partial charge in [0, 0.05) is 40.5 Å². The van der Waals surface area contributed by atoms with Gasteiger partial charge in [-0.3, -0.25) is 0 Å². The zero-order valence-electron chi connectivity index (χ0n) is 1.12. The minimum absolute atomic E-state index is 0. The summed E-state index contributed by atoms with van der Waals surface area (Å²) in [5, 5.41) is 0. The third-order valence-corrected chi connectivity index (χ3v) is 0. The van der Waals surface area contributed by atoms with Crippen LogP contribution in [0.1, 0.15) is 0 Å². The second-order valence-corrected chi connectivity index (χ2v) is 0. The van der Waals surface area contributed by atoms with Crippen LogP contribution in [0, 0.1) is 0 Å². The Kier molecular flexibility index (Phi) is 106. The molecule has 0 atom stereocenters. The van der Waals surface area contributed by atoms with Crippen LogP contribution in [0.2, 0.25) is 0 Å². The second-order valence-electron chi connectivity index (χ2n) is 0. The Balaban J connectivity index is 0. The first-order valence-corrected chi connectivity index (χ1v) is 0. The third kappa shape index (κ3) is 9.04. The summed E-state index contributed by atoms with van der Waals surface area (Å²) in [5.74, 6) is 0. The molecule has 0 fully saturated rings. The summed E-state index contributed by atoms with van der Waals surface area (Å²) in [4.78, 5) is 0. The van der Waals surface area contributed by atoms with Gasteiger partial charge in [0.1, 0.15) is 0 Å². The van der Waals surface area contributed by atoms with Crippen molar-refractivity contribution in [3.8, 4) is 0 Å². The minimum Gasteiger partial charge on any atom is 0 e. The van der Waals surface area contributed by atoms with Crippen molar-refractivity contribution >= 4 is 64.3 Å². The van der Waals surface area contributed by atoms with Crippen LogP contribution in [0.4, 0.5) is 0 Å². The molecule has 0 N–H and O–H groups in total. The maximum atomic E-state index is 0. The molecule has 0 saturated heterocycles. The summed E-state index contributed by atoms with van der Waals surface area (Å²) in [6.45, 7) is 0. The van der Waals surface area contributed by atoms with E-state index in [2.05, 4.69) is 0 Å². The van der Waals surface area contributed by atoms with E-state index in [1.807, 2.05) is 0 Å². The molecule has 0 nitrogen and oxygen atoms in total. The van der Waals surface area contributed by atoms with Gasteiger partial charge in [-0.25, -0.2) is 0 Å². The van der Waals surface area contributed by atoms with E-state index in [0.29, 0.717) is 0 Å². The summed E-state index contributed by atoms with van der Waals surface area (Å²) < 4.78 is 0. The maximum Gasteiger partial charge on any atom is 0 e. The Hall–Kier alpha value is 3.39. The summed E-state index contributed by atoms with van der Waals surface area (Å²) in [5.41, 5.74) is 0. The summed E-state index contributed by atoms with van der Waals surface area (Å²) >= 11 is 0. The van der Waals surface area contributed by atoms with E-state index >= 15 is 0 Å².